The monoisotopic (exact) mass is 405 g/mol. The van der Waals surface area contributed by atoms with Crippen molar-refractivity contribution in [3.63, 3.8) is 0 Å². The molecule has 2 aromatic heterocycles. The van der Waals surface area contributed by atoms with Crippen molar-refractivity contribution in [2.24, 2.45) is 7.05 Å². The number of aromatic nitrogens is 1. The summed E-state index contributed by atoms with van der Waals surface area (Å²) in [4.78, 5) is 37.3. The number of carbonyl (C=O) groups is 1. The van der Waals surface area contributed by atoms with E-state index in [0.717, 1.165) is 4.88 Å². The third kappa shape index (κ3) is 3.30. The molecule has 7 nitrogen and oxygen atoms in total. The standard InChI is InChI=1S/C21H15N3O4S/c1-23-16-9-3-2-8-15(16)19(25)18(17-10-5-11-29-17)20(23)22-21(26)13-6-4-7-14(12-13)24(27)28/h2-12H,1H3,(H,22,26). The van der Waals surface area contributed by atoms with Gasteiger partial charge in [-0.3, -0.25) is 19.7 Å². The number of para-hydroxylation sites is 1. The molecule has 0 aliphatic carbocycles. The van der Waals surface area contributed by atoms with Crippen molar-refractivity contribution < 1.29 is 9.72 Å². The molecule has 0 saturated carbocycles. The van der Waals surface area contributed by atoms with Crippen molar-refractivity contribution in [1.82, 2.24) is 4.57 Å². The Bertz CT molecular complexity index is 1310. The number of carbonyl (C=O) groups excluding carboxylic acids is 1. The van der Waals surface area contributed by atoms with Crippen LogP contribution in [0.3, 0.4) is 0 Å². The first-order valence-corrected chi connectivity index (χ1v) is 9.56. The number of anilines is 1. The highest BCUT2D eigenvalue weighted by molar-refractivity contribution is 7.13. The molecule has 0 bridgehead atoms. The van der Waals surface area contributed by atoms with Crippen molar-refractivity contribution in [1.29, 1.82) is 0 Å². The van der Waals surface area contributed by atoms with E-state index < -0.39 is 10.8 Å². The molecule has 4 aromatic rings. The molecular formula is C21H15N3O4S. The largest absolute Gasteiger partial charge is 0.330 e. The third-order valence-corrected chi connectivity index (χ3v) is 5.52. The number of nitro groups is 1. The number of rotatable bonds is 4. The minimum Gasteiger partial charge on any atom is -0.330 e. The fourth-order valence-electron chi connectivity index (χ4n) is 3.22. The SMILES string of the molecule is Cn1c(NC(=O)c2cccc([N+](=O)[O-])c2)c(-c2cccs2)c(=O)c2ccccc21. The zero-order chi connectivity index (χ0) is 20.5. The van der Waals surface area contributed by atoms with E-state index in [9.17, 15) is 19.7 Å². The van der Waals surface area contributed by atoms with Gasteiger partial charge >= 0.3 is 0 Å². The van der Waals surface area contributed by atoms with Gasteiger partial charge in [0.25, 0.3) is 11.6 Å². The maximum Gasteiger partial charge on any atom is 0.270 e. The second-order valence-corrected chi connectivity index (χ2v) is 7.32. The molecule has 144 valence electrons. The van der Waals surface area contributed by atoms with Crippen LogP contribution >= 0.6 is 11.3 Å². The molecule has 2 aromatic carbocycles. The zero-order valence-electron chi connectivity index (χ0n) is 15.3. The molecule has 4 rings (SSSR count). The van der Waals surface area contributed by atoms with Gasteiger partial charge in [-0.2, -0.15) is 0 Å². The quantitative estimate of drug-likeness (QED) is 0.401. The number of nitro benzene ring substituents is 1. The Morgan fingerprint density at radius 1 is 1.10 bits per heavy atom. The van der Waals surface area contributed by atoms with E-state index in [2.05, 4.69) is 5.32 Å². The van der Waals surface area contributed by atoms with Gasteiger partial charge in [-0.15, -0.1) is 11.3 Å². The first-order valence-electron chi connectivity index (χ1n) is 8.69. The summed E-state index contributed by atoms with van der Waals surface area (Å²) in [5.74, 6) is -0.190. The lowest BCUT2D eigenvalue weighted by molar-refractivity contribution is -0.384. The number of hydrogen-bond donors (Lipinski definition) is 1. The Hall–Kier alpha value is -3.78. The van der Waals surface area contributed by atoms with Gasteiger partial charge in [-0.1, -0.05) is 24.3 Å². The van der Waals surface area contributed by atoms with Gasteiger partial charge in [0.15, 0.2) is 5.43 Å². The van der Waals surface area contributed by atoms with E-state index in [0.29, 0.717) is 22.3 Å². The minimum absolute atomic E-state index is 0.136. The van der Waals surface area contributed by atoms with Gasteiger partial charge in [-0.05, 0) is 29.6 Å². The van der Waals surface area contributed by atoms with E-state index in [1.807, 2.05) is 23.6 Å². The summed E-state index contributed by atoms with van der Waals surface area (Å²) in [5.41, 5.74) is 0.836. The fourth-order valence-corrected chi connectivity index (χ4v) is 3.99. The number of hydrogen-bond acceptors (Lipinski definition) is 5. The molecule has 1 amide bonds. The maximum atomic E-state index is 13.2. The lowest BCUT2D eigenvalue weighted by Crippen LogP contribution is -2.21. The average Bonchev–Trinajstić information content (AvgIpc) is 3.26. The summed E-state index contributed by atoms with van der Waals surface area (Å²) in [5, 5.41) is 16.2. The van der Waals surface area contributed by atoms with Crippen LogP contribution in [0.5, 0.6) is 0 Å². The Morgan fingerprint density at radius 2 is 1.90 bits per heavy atom. The van der Waals surface area contributed by atoms with Crippen LogP contribution in [-0.2, 0) is 7.05 Å². The summed E-state index contributed by atoms with van der Waals surface area (Å²) in [6.07, 6.45) is 0. The highest BCUT2D eigenvalue weighted by Crippen LogP contribution is 2.31. The smallest absolute Gasteiger partial charge is 0.270 e. The molecule has 1 N–H and O–H groups in total. The molecule has 0 radical (unpaired) electrons. The fraction of sp³-hybridized carbons (Fsp3) is 0.0476. The highest BCUT2D eigenvalue weighted by atomic mass is 32.1. The number of aryl methyl sites for hydroxylation is 1. The molecule has 0 aliphatic rings. The predicted octanol–water partition coefficient (Wildman–Crippen LogP) is 4.43. The van der Waals surface area contributed by atoms with Crippen LogP contribution in [0.1, 0.15) is 10.4 Å². The normalized spacial score (nSPS) is 10.8. The molecule has 2 heterocycles. The summed E-state index contributed by atoms with van der Waals surface area (Å²) in [6.45, 7) is 0. The maximum absolute atomic E-state index is 13.2. The minimum atomic E-state index is -0.556. The molecule has 0 saturated heterocycles. The second kappa shape index (κ2) is 7.33. The van der Waals surface area contributed by atoms with E-state index in [1.165, 1.54) is 35.6 Å². The van der Waals surface area contributed by atoms with Crippen molar-refractivity contribution in [2.75, 3.05) is 5.32 Å². The van der Waals surface area contributed by atoms with E-state index in [-0.39, 0.29) is 16.7 Å². The average molecular weight is 405 g/mol. The van der Waals surface area contributed by atoms with E-state index in [4.69, 9.17) is 0 Å². The van der Waals surface area contributed by atoms with E-state index >= 15 is 0 Å². The summed E-state index contributed by atoms with van der Waals surface area (Å²) >= 11 is 1.40. The molecule has 0 fully saturated rings. The van der Waals surface area contributed by atoms with Crippen molar-refractivity contribution in [3.05, 3.63) is 91.9 Å². The molecule has 0 atom stereocenters. The number of thiophene rings is 1. The lowest BCUT2D eigenvalue weighted by Gasteiger charge is -2.17. The number of pyridine rings is 1. The van der Waals surface area contributed by atoms with Gasteiger partial charge in [0.1, 0.15) is 5.82 Å². The number of nitrogens with zero attached hydrogens (tertiary/aromatic N) is 2. The van der Waals surface area contributed by atoms with Crippen molar-refractivity contribution >= 4 is 39.7 Å². The van der Waals surface area contributed by atoms with Gasteiger partial charge in [-0.25, -0.2) is 0 Å². The van der Waals surface area contributed by atoms with Crippen LogP contribution in [0.4, 0.5) is 11.5 Å². The van der Waals surface area contributed by atoms with Crippen LogP contribution in [0.25, 0.3) is 21.3 Å². The molecule has 29 heavy (non-hydrogen) atoms. The van der Waals surface area contributed by atoms with Crippen LogP contribution < -0.4 is 10.7 Å². The van der Waals surface area contributed by atoms with Gasteiger partial charge in [0, 0.05) is 35.0 Å². The Morgan fingerprint density at radius 3 is 2.62 bits per heavy atom. The van der Waals surface area contributed by atoms with Crippen LogP contribution in [0.2, 0.25) is 0 Å². The highest BCUT2D eigenvalue weighted by Gasteiger charge is 2.20. The Kier molecular flexibility index (Phi) is 4.69. The number of fused-ring (bicyclic) bond motifs is 1. The zero-order valence-corrected chi connectivity index (χ0v) is 16.1. The van der Waals surface area contributed by atoms with Gasteiger partial charge < -0.3 is 9.88 Å². The van der Waals surface area contributed by atoms with Crippen LogP contribution in [-0.4, -0.2) is 15.4 Å². The number of nitrogens with one attached hydrogen (secondary N) is 1. The van der Waals surface area contributed by atoms with Crippen LogP contribution in [0, 0.1) is 10.1 Å². The predicted molar refractivity (Wildman–Crippen MR) is 114 cm³/mol. The Balaban J connectivity index is 1.89. The molecular weight excluding hydrogens is 390 g/mol. The molecule has 0 spiro atoms. The molecule has 0 unspecified atom stereocenters. The summed E-state index contributed by atoms with van der Waals surface area (Å²) in [7, 11) is 1.77. The van der Waals surface area contributed by atoms with Crippen LogP contribution in [0.15, 0.2) is 70.8 Å². The summed E-state index contributed by atoms with van der Waals surface area (Å²) in [6, 6.07) is 16.3. The topological polar surface area (TPSA) is 94.2 Å². The second-order valence-electron chi connectivity index (χ2n) is 6.37. The molecule has 0 aliphatic heterocycles. The number of benzene rings is 2. The van der Waals surface area contributed by atoms with Crippen molar-refractivity contribution in [2.45, 2.75) is 0 Å². The Labute approximate surface area is 169 Å². The lowest BCUT2D eigenvalue weighted by atomic mass is 10.1. The van der Waals surface area contributed by atoms with E-state index in [1.54, 1.807) is 29.8 Å². The first-order chi connectivity index (χ1) is 14.0. The first kappa shape index (κ1) is 18.6. The number of amides is 1. The van der Waals surface area contributed by atoms with Gasteiger partial charge in [0.05, 0.1) is 16.0 Å². The van der Waals surface area contributed by atoms with Crippen molar-refractivity contribution in [3.8, 4) is 10.4 Å². The number of non-ortho nitro benzene ring substituents is 1. The third-order valence-electron chi connectivity index (χ3n) is 4.63. The van der Waals surface area contributed by atoms with Gasteiger partial charge in [0.2, 0.25) is 0 Å². The molecule has 8 heteroatoms. The summed E-state index contributed by atoms with van der Waals surface area (Å²) < 4.78 is 1.75.